The van der Waals surface area contributed by atoms with Gasteiger partial charge in [0.25, 0.3) is 0 Å². The molecule has 0 unspecified atom stereocenters. The van der Waals surface area contributed by atoms with Crippen LogP contribution < -0.4 is 5.73 Å². The van der Waals surface area contributed by atoms with Crippen molar-refractivity contribution in [2.45, 2.75) is 16.8 Å². The van der Waals surface area contributed by atoms with Gasteiger partial charge in [0.1, 0.15) is 0 Å². The Labute approximate surface area is 131 Å². The SMILES string of the molecule is Nc1cc(C(F)(F)F)ccc1S(=O)(=O)Cc1ccc(Br)s1. The maximum atomic E-state index is 12.5. The van der Waals surface area contributed by atoms with Gasteiger partial charge in [-0.05, 0) is 46.3 Å². The molecule has 2 N–H and O–H groups in total. The Morgan fingerprint density at radius 1 is 1.19 bits per heavy atom. The number of thiophene rings is 1. The Balaban J connectivity index is 2.37. The summed E-state index contributed by atoms with van der Waals surface area (Å²) in [6, 6.07) is 5.58. The molecule has 21 heavy (non-hydrogen) atoms. The average molecular weight is 400 g/mol. The van der Waals surface area contributed by atoms with Crippen molar-refractivity contribution in [3.63, 3.8) is 0 Å². The lowest BCUT2D eigenvalue weighted by Crippen LogP contribution is -2.10. The Hall–Kier alpha value is -1.06. The van der Waals surface area contributed by atoms with Gasteiger partial charge in [-0.3, -0.25) is 0 Å². The van der Waals surface area contributed by atoms with Crippen molar-refractivity contribution in [2.24, 2.45) is 0 Å². The number of hydrogen-bond acceptors (Lipinski definition) is 4. The molecule has 0 aliphatic carbocycles. The molecule has 9 heteroatoms. The van der Waals surface area contributed by atoms with Crippen LogP contribution >= 0.6 is 27.3 Å². The van der Waals surface area contributed by atoms with E-state index in [0.29, 0.717) is 17.0 Å². The van der Waals surface area contributed by atoms with Gasteiger partial charge in [0.15, 0.2) is 9.84 Å². The van der Waals surface area contributed by atoms with E-state index < -0.39 is 27.3 Å². The van der Waals surface area contributed by atoms with Crippen LogP contribution in [0.5, 0.6) is 0 Å². The molecule has 114 valence electrons. The van der Waals surface area contributed by atoms with Gasteiger partial charge in [-0.25, -0.2) is 8.42 Å². The summed E-state index contributed by atoms with van der Waals surface area (Å²) in [5, 5.41) is 0. The van der Waals surface area contributed by atoms with E-state index in [-0.39, 0.29) is 10.6 Å². The highest BCUT2D eigenvalue weighted by Crippen LogP contribution is 2.34. The van der Waals surface area contributed by atoms with E-state index in [2.05, 4.69) is 15.9 Å². The minimum atomic E-state index is -4.56. The Bertz CT molecular complexity index is 769. The molecule has 0 bridgehead atoms. The third kappa shape index (κ3) is 3.78. The van der Waals surface area contributed by atoms with Gasteiger partial charge in [0, 0.05) is 4.88 Å². The van der Waals surface area contributed by atoms with Gasteiger partial charge in [-0.15, -0.1) is 11.3 Å². The predicted molar refractivity (Wildman–Crippen MR) is 78.8 cm³/mol. The van der Waals surface area contributed by atoms with Gasteiger partial charge in [0.2, 0.25) is 0 Å². The summed E-state index contributed by atoms with van der Waals surface area (Å²) in [7, 11) is -3.80. The first kappa shape index (κ1) is 16.3. The maximum absolute atomic E-state index is 12.5. The Kier molecular flexibility index (Phi) is 4.36. The first-order chi connectivity index (χ1) is 9.59. The molecule has 0 fully saturated rings. The summed E-state index contributed by atoms with van der Waals surface area (Å²) < 4.78 is 62.8. The van der Waals surface area contributed by atoms with Crippen LogP contribution in [0.15, 0.2) is 39.0 Å². The highest BCUT2D eigenvalue weighted by Gasteiger charge is 2.32. The third-order valence-corrected chi connectivity index (χ3v) is 6.17. The van der Waals surface area contributed by atoms with Crippen molar-refractivity contribution >= 4 is 42.8 Å². The molecule has 0 saturated carbocycles. The van der Waals surface area contributed by atoms with Gasteiger partial charge < -0.3 is 5.73 Å². The minimum Gasteiger partial charge on any atom is -0.398 e. The summed E-state index contributed by atoms with van der Waals surface area (Å²) in [6.07, 6.45) is -4.56. The predicted octanol–water partition coefficient (Wildman–Crippen LogP) is 4.09. The molecule has 2 aromatic rings. The summed E-state index contributed by atoms with van der Waals surface area (Å²) in [4.78, 5) is 0.279. The number of rotatable bonds is 3. The monoisotopic (exact) mass is 399 g/mol. The number of anilines is 1. The second-order valence-electron chi connectivity index (χ2n) is 4.22. The van der Waals surface area contributed by atoms with Crippen LogP contribution in [0.3, 0.4) is 0 Å². The minimum absolute atomic E-state index is 0.292. The van der Waals surface area contributed by atoms with Crippen LogP contribution in [0.4, 0.5) is 18.9 Å². The second kappa shape index (κ2) is 5.62. The van der Waals surface area contributed by atoms with E-state index in [9.17, 15) is 21.6 Å². The third-order valence-electron chi connectivity index (χ3n) is 2.63. The topological polar surface area (TPSA) is 60.2 Å². The molecule has 0 spiro atoms. The van der Waals surface area contributed by atoms with Crippen LogP contribution in [-0.2, 0) is 21.8 Å². The highest BCUT2D eigenvalue weighted by molar-refractivity contribution is 9.11. The summed E-state index contributed by atoms with van der Waals surface area (Å²) >= 11 is 4.45. The van der Waals surface area contributed by atoms with Crippen molar-refractivity contribution < 1.29 is 21.6 Å². The Morgan fingerprint density at radius 3 is 2.33 bits per heavy atom. The van der Waals surface area contributed by atoms with Gasteiger partial charge in [0.05, 0.1) is 25.7 Å². The molecule has 0 saturated heterocycles. The number of benzene rings is 1. The summed E-state index contributed by atoms with van der Waals surface area (Å²) in [5.74, 6) is -0.307. The summed E-state index contributed by atoms with van der Waals surface area (Å²) in [6.45, 7) is 0. The molecule has 3 nitrogen and oxygen atoms in total. The standard InChI is InChI=1S/C12H9BrF3NO2S2/c13-11-4-2-8(20-11)6-21(18,19)10-3-1-7(5-9(10)17)12(14,15)16/h1-5H,6,17H2. The lowest BCUT2D eigenvalue weighted by molar-refractivity contribution is -0.137. The number of sulfone groups is 1. The fourth-order valence-corrected chi connectivity index (χ4v) is 5.00. The molecular weight excluding hydrogens is 391 g/mol. The van der Waals surface area contributed by atoms with Crippen molar-refractivity contribution in [1.29, 1.82) is 0 Å². The number of hydrogen-bond donors (Lipinski definition) is 1. The zero-order valence-corrected chi connectivity index (χ0v) is 13.5. The van der Waals surface area contributed by atoms with E-state index in [4.69, 9.17) is 5.73 Å². The van der Waals surface area contributed by atoms with Crippen LogP contribution in [0.25, 0.3) is 0 Å². The molecule has 1 heterocycles. The molecular formula is C12H9BrF3NO2S2. The first-order valence-electron chi connectivity index (χ1n) is 5.53. The molecule has 0 aliphatic heterocycles. The smallest absolute Gasteiger partial charge is 0.398 e. The van der Waals surface area contributed by atoms with Crippen LogP contribution in [0.2, 0.25) is 0 Å². The zero-order valence-electron chi connectivity index (χ0n) is 10.3. The quantitative estimate of drug-likeness (QED) is 0.790. The largest absolute Gasteiger partial charge is 0.416 e. The maximum Gasteiger partial charge on any atom is 0.416 e. The molecule has 0 atom stereocenters. The van der Waals surface area contributed by atoms with E-state index in [1.165, 1.54) is 11.3 Å². The second-order valence-corrected chi connectivity index (χ2v) is 8.72. The lowest BCUT2D eigenvalue weighted by Gasteiger charge is -2.11. The van der Waals surface area contributed by atoms with Crippen molar-refractivity contribution in [2.75, 3.05) is 5.73 Å². The number of alkyl halides is 3. The molecule has 0 aliphatic rings. The fraction of sp³-hybridized carbons (Fsp3) is 0.167. The number of nitrogens with two attached hydrogens (primary N) is 1. The van der Waals surface area contributed by atoms with E-state index in [1.54, 1.807) is 12.1 Å². The fourth-order valence-electron chi connectivity index (χ4n) is 1.70. The van der Waals surface area contributed by atoms with Crippen LogP contribution in [-0.4, -0.2) is 8.42 Å². The molecule has 0 radical (unpaired) electrons. The average Bonchev–Trinajstić information content (AvgIpc) is 2.72. The van der Waals surface area contributed by atoms with Crippen LogP contribution in [0.1, 0.15) is 10.4 Å². The van der Waals surface area contributed by atoms with E-state index in [0.717, 1.165) is 9.85 Å². The highest BCUT2D eigenvalue weighted by atomic mass is 79.9. The van der Waals surface area contributed by atoms with Gasteiger partial charge in [-0.2, -0.15) is 13.2 Å². The van der Waals surface area contributed by atoms with Crippen molar-refractivity contribution in [3.8, 4) is 0 Å². The lowest BCUT2D eigenvalue weighted by atomic mass is 10.2. The molecule has 2 rings (SSSR count). The zero-order chi connectivity index (χ0) is 15.8. The van der Waals surface area contributed by atoms with E-state index >= 15 is 0 Å². The molecule has 0 amide bonds. The normalized spacial score (nSPS) is 12.6. The number of halogens is 4. The van der Waals surface area contributed by atoms with Crippen molar-refractivity contribution in [1.82, 2.24) is 0 Å². The Morgan fingerprint density at radius 2 is 1.86 bits per heavy atom. The van der Waals surface area contributed by atoms with Crippen LogP contribution in [0, 0.1) is 0 Å². The number of nitrogen functional groups attached to an aromatic ring is 1. The summed E-state index contributed by atoms with van der Waals surface area (Å²) in [5.41, 5.74) is 4.10. The van der Waals surface area contributed by atoms with Crippen molar-refractivity contribution in [3.05, 3.63) is 44.6 Å². The van der Waals surface area contributed by atoms with E-state index in [1.807, 2.05) is 0 Å². The first-order valence-corrected chi connectivity index (χ1v) is 8.79. The molecule has 1 aromatic carbocycles. The molecule has 1 aromatic heterocycles. The van der Waals surface area contributed by atoms with Gasteiger partial charge in [-0.1, -0.05) is 0 Å². The van der Waals surface area contributed by atoms with Gasteiger partial charge >= 0.3 is 6.18 Å².